The normalized spacial score (nSPS) is 16.6. The van der Waals surface area contributed by atoms with Crippen molar-refractivity contribution < 1.29 is 34.0 Å². The maximum absolute atomic E-state index is 13.0. The molecule has 4 N–H and O–H groups in total. The zero-order valence-electron chi connectivity index (χ0n) is 42.6. The SMILES string of the molecule is C.O=S(Cl)Cl.O=c1[nH]c(CCl)nn2c(C3CCOCC3)ncc12.O=c1[nH]c(CN2CC(OCc3ccc(F)cc3)C2)nn2c(C3CCOCC3)ncc12.O=c1[nH]c(CO)nn2c(C3CCOCC3)ncc12.PP(P)P.[2H]CC. The van der Waals surface area contributed by atoms with Crippen LogP contribution >= 0.6 is 66.7 Å². The molecule has 77 heavy (non-hydrogen) atoms. The van der Waals surface area contributed by atoms with Crippen molar-refractivity contribution in [2.75, 3.05) is 52.7 Å². The first-order valence-corrected chi connectivity index (χ1v) is 33.6. The molecule has 10 heterocycles. The highest BCUT2D eigenvalue weighted by Gasteiger charge is 2.29. The molecular weight excluding hydrogens is 1160 g/mol. The van der Waals surface area contributed by atoms with E-state index in [-0.39, 0.29) is 73.2 Å². The van der Waals surface area contributed by atoms with Crippen LogP contribution in [0.5, 0.6) is 0 Å². The Kier molecular flexibility index (Phi) is 26.8. The topological polar surface area (TPSA) is 267 Å². The fourth-order valence-electron chi connectivity index (χ4n) is 8.55. The van der Waals surface area contributed by atoms with E-state index < -0.39 is 9.23 Å². The number of aromatic nitrogens is 12. The van der Waals surface area contributed by atoms with Gasteiger partial charge in [-0.05, 0) is 63.2 Å². The van der Waals surface area contributed by atoms with Crippen molar-refractivity contribution in [2.24, 2.45) is 0 Å². The molecule has 31 heteroatoms. The van der Waals surface area contributed by atoms with E-state index in [1.165, 1.54) is 18.3 Å². The van der Waals surface area contributed by atoms with Gasteiger partial charge in [0.1, 0.15) is 41.5 Å². The van der Waals surface area contributed by atoms with Crippen molar-refractivity contribution in [3.8, 4) is 0 Å². The predicted octanol–water partition coefficient (Wildman–Crippen LogP) is 7.25. The van der Waals surface area contributed by atoms with Crippen LogP contribution in [0.2, 0.25) is 0 Å². The van der Waals surface area contributed by atoms with Crippen molar-refractivity contribution in [3.05, 3.63) is 120 Å². The number of aromatic amines is 3. The largest absolute Gasteiger partial charge is 0.388 e. The predicted molar refractivity (Wildman–Crippen MR) is 309 cm³/mol. The van der Waals surface area contributed by atoms with Gasteiger partial charge in [-0.25, -0.2) is 37.1 Å². The number of aliphatic hydroxyl groups is 1. The second-order valence-electron chi connectivity index (χ2n) is 17.3. The number of fused-ring (bicyclic) bond motifs is 3. The average Bonchev–Trinajstić information content (AvgIpc) is 4.18. The second kappa shape index (κ2) is 32.8. The van der Waals surface area contributed by atoms with Crippen molar-refractivity contribution >= 4 is 92.5 Å². The molecular formula is C46H67Cl3FN13O9P4S. The van der Waals surface area contributed by atoms with Gasteiger partial charge in [0.05, 0.1) is 43.7 Å². The number of ether oxygens (including phenoxy) is 4. The Balaban J connectivity index is 0.000000203. The Hall–Kier alpha value is -3.30. The van der Waals surface area contributed by atoms with Gasteiger partial charge in [0.2, 0.25) is 9.23 Å². The van der Waals surface area contributed by atoms with E-state index in [9.17, 15) is 18.8 Å². The van der Waals surface area contributed by atoms with E-state index in [0.717, 1.165) is 87.9 Å². The van der Waals surface area contributed by atoms with Crippen LogP contribution in [0.3, 0.4) is 0 Å². The number of rotatable bonds is 10. The van der Waals surface area contributed by atoms with Crippen LogP contribution < -0.4 is 16.7 Å². The molecule has 4 fully saturated rings. The number of H-pyrrole nitrogens is 3. The zero-order chi connectivity index (χ0) is 55.4. The maximum Gasteiger partial charge on any atom is 0.277 e. The average molecular weight is 1230 g/mol. The number of nitrogens with one attached hydrogen (secondary N) is 3. The summed E-state index contributed by atoms with van der Waals surface area (Å²) in [7, 11) is 15.3. The van der Waals surface area contributed by atoms with Crippen LogP contribution in [0.15, 0.2) is 57.2 Å². The Morgan fingerprint density at radius 2 is 1.08 bits per heavy atom. The summed E-state index contributed by atoms with van der Waals surface area (Å²) in [5.41, 5.74) is 1.65. The van der Waals surface area contributed by atoms with Crippen molar-refractivity contribution in [2.45, 2.75) is 109 Å². The number of benzene rings is 1. The lowest BCUT2D eigenvalue weighted by molar-refractivity contribution is -0.0668. The van der Waals surface area contributed by atoms with Crippen molar-refractivity contribution in [1.29, 1.82) is 0 Å². The Bertz CT molecular complexity index is 3020. The lowest BCUT2D eigenvalue weighted by atomic mass is 10.00. The van der Waals surface area contributed by atoms with Gasteiger partial charge in [-0.1, -0.05) is 33.4 Å². The summed E-state index contributed by atoms with van der Waals surface area (Å²) < 4.78 is 55.1. The minimum Gasteiger partial charge on any atom is -0.388 e. The summed E-state index contributed by atoms with van der Waals surface area (Å²) >= 11 is 5.72. The van der Waals surface area contributed by atoms with Crippen LogP contribution in [-0.2, 0) is 53.8 Å². The third kappa shape index (κ3) is 18.9. The Morgan fingerprint density at radius 3 is 1.45 bits per heavy atom. The lowest BCUT2D eigenvalue weighted by Gasteiger charge is -2.38. The molecule has 0 radical (unpaired) electrons. The second-order valence-corrected chi connectivity index (χ2v) is 31.7. The van der Waals surface area contributed by atoms with Gasteiger partial charge in [-0.3, -0.25) is 19.3 Å². The lowest BCUT2D eigenvalue weighted by Crippen LogP contribution is -2.51. The highest BCUT2D eigenvalue weighted by atomic mass is 36.0. The van der Waals surface area contributed by atoms with E-state index >= 15 is 0 Å². The summed E-state index contributed by atoms with van der Waals surface area (Å²) in [5.74, 6) is 4.50. The molecule has 1 aromatic carbocycles. The van der Waals surface area contributed by atoms with E-state index in [1.54, 1.807) is 45.0 Å². The number of imidazole rings is 3. The van der Waals surface area contributed by atoms with Crippen molar-refractivity contribution in [3.63, 3.8) is 0 Å². The fraction of sp³-hybridized carbons (Fsp3) is 0.543. The number of nitrogens with zero attached hydrogens (tertiary/aromatic N) is 10. The quantitative estimate of drug-likeness (QED) is 0.0597. The highest BCUT2D eigenvalue weighted by Crippen LogP contribution is 2.59. The van der Waals surface area contributed by atoms with E-state index in [2.05, 4.69) is 98.2 Å². The first-order valence-electron chi connectivity index (χ1n) is 24.8. The molecule has 6 aromatic heterocycles. The standard InChI is InChI=1S/C21H24FN5O3.C11H13ClN4O2.C11H14N4O3.C2H6.CH4.Cl2OS.H6P4/c22-16-3-1-14(2-4-16)13-30-17-10-26(11-17)12-19-24-21(28)18-9-23-20(27(18)25-19)15-5-7-29-8-6-15;12-5-9-14-11(17)8-6-13-10(16(8)15-9)7-1-3-18-4-2-7;16-6-9-13-11(17)8-5-12-10(15(8)14-9)7-1-3-18-4-2-7;1-2;;2*1-4(2)3/h1-4,9,15,17H,5-8,10-13H2,(H,24,25,28);6-7H,1-5H2,(H,14,15,17);5,7,16H,1-4,6H2,(H,13,14,17);1-2H3;1H4;;1-3H2/i;;;1D;;;. The smallest absolute Gasteiger partial charge is 0.277 e. The third-order valence-corrected chi connectivity index (χ3v) is 12.4. The summed E-state index contributed by atoms with van der Waals surface area (Å²) in [6.45, 7) is 8.95. The number of hydrogen-bond donors (Lipinski definition) is 4. The Morgan fingerprint density at radius 1 is 0.727 bits per heavy atom. The number of halogens is 4. The highest BCUT2D eigenvalue weighted by molar-refractivity contribution is 8.65. The number of hydrogen-bond acceptors (Lipinski definition) is 16. The molecule has 7 aromatic rings. The van der Waals surface area contributed by atoms with Gasteiger partial charge in [0, 0.05) is 93.2 Å². The first kappa shape index (κ1) is 62.9. The van der Waals surface area contributed by atoms with Crippen LogP contribution in [0.4, 0.5) is 4.39 Å². The summed E-state index contributed by atoms with van der Waals surface area (Å²) in [6, 6.07) is 6.34. The molecule has 424 valence electrons. The Labute approximate surface area is 470 Å². The van der Waals surface area contributed by atoms with Crippen molar-refractivity contribution in [1.82, 2.24) is 63.6 Å². The number of likely N-dealkylation sites (tertiary alicyclic amines) is 1. The molecule has 11 rings (SSSR count). The maximum atomic E-state index is 13.0. The molecule has 4 saturated heterocycles. The van der Waals surface area contributed by atoms with Gasteiger partial charge < -0.3 is 39.0 Å². The molecule has 0 aliphatic carbocycles. The number of alkyl halides is 1. The van der Waals surface area contributed by atoms with Crippen LogP contribution in [0.25, 0.3) is 16.6 Å². The van der Waals surface area contributed by atoms with Gasteiger partial charge in [0.25, 0.3) is 16.7 Å². The molecule has 4 aliphatic heterocycles. The van der Waals surface area contributed by atoms with E-state index in [0.29, 0.717) is 80.6 Å². The van der Waals surface area contributed by atoms with Gasteiger partial charge >= 0.3 is 0 Å². The summed E-state index contributed by atoms with van der Waals surface area (Å²) in [4.78, 5) is 59.4. The van der Waals surface area contributed by atoms with Crippen LogP contribution in [-0.4, -0.2) is 132 Å². The molecule has 3 unspecified atom stereocenters. The first-order chi connectivity index (χ1) is 37.1. The van der Waals surface area contributed by atoms with E-state index in [1.807, 2.05) is 0 Å². The van der Waals surface area contributed by atoms with Gasteiger partial charge in [-0.15, -0.1) is 38.4 Å². The molecule has 4 aliphatic rings. The molecule has 0 saturated carbocycles. The summed E-state index contributed by atoms with van der Waals surface area (Å²) in [5, 5.41) is 22.2. The molecule has 0 amide bonds. The zero-order valence-corrected chi connectivity index (χ0v) is 49.0. The van der Waals surface area contributed by atoms with Gasteiger partial charge in [0.15, 0.2) is 22.4 Å². The minimum atomic E-state index is -1.67. The molecule has 22 nitrogen and oxygen atoms in total. The number of aliphatic hydroxyl groups excluding tert-OH is 1. The third-order valence-electron chi connectivity index (χ3n) is 12.2. The van der Waals surface area contributed by atoms with Crippen LogP contribution in [0, 0.1) is 5.82 Å². The fourth-order valence-corrected chi connectivity index (χ4v) is 8.67. The monoisotopic (exact) mass is 1230 g/mol. The molecule has 0 spiro atoms. The molecule has 3 atom stereocenters. The van der Waals surface area contributed by atoms with E-state index in [4.69, 9.17) is 41.2 Å². The van der Waals surface area contributed by atoms with Gasteiger partial charge in [-0.2, -0.15) is 15.3 Å². The summed E-state index contributed by atoms with van der Waals surface area (Å²) in [6.07, 6.45) is 10.2. The minimum absolute atomic E-state index is 0. The van der Waals surface area contributed by atoms with Crippen LogP contribution in [0.1, 0.15) is 119 Å². The molecule has 0 bridgehead atoms.